The number of rotatable bonds is 4. The van der Waals surface area contributed by atoms with Crippen LogP contribution in [0.3, 0.4) is 0 Å². The van der Waals surface area contributed by atoms with Gasteiger partial charge >= 0.3 is 5.97 Å². The van der Waals surface area contributed by atoms with E-state index in [0.29, 0.717) is 16.9 Å². The van der Waals surface area contributed by atoms with Crippen LogP contribution in [0.2, 0.25) is 0 Å². The highest BCUT2D eigenvalue weighted by atomic mass is 16.5. The van der Waals surface area contributed by atoms with Gasteiger partial charge in [-0.1, -0.05) is 0 Å². The molecule has 98 valence electrons. The largest absolute Gasteiger partial charge is 0.452 e. The molecule has 0 heterocycles. The summed E-state index contributed by atoms with van der Waals surface area (Å²) in [5.74, 6) is -0.937. The predicted octanol–water partition coefficient (Wildman–Crippen LogP) is 0.238. The third kappa shape index (κ3) is 3.38. The summed E-state index contributed by atoms with van der Waals surface area (Å²) >= 11 is 0. The number of likely N-dealkylation sites (N-methyl/N-ethyl adjacent to an activating group) is 1. The quantitative estimate of drug-likeness (QED) is 0.591. The van der Waals surface area contributed by atoms with Gasteiger partial charge in [0.2, 0.25) is 0 Å². The van der Waals surface area contributed by atoms with E-state index in [9.17, 15) is 9.59 Å². The van der Waals surface area contributed by atoms with Gasteiger partial charge in [-0.05, 0) is 18.2 Å². The minimum absolute atomic E-state index is 0.309. The zero-order valence-electron chi connectivity index (χ0n) is 10.7. The number of benzene rings is 1. The number of anilines is 2. The fraction of sp³-hybridized carbons (Fsp3) is 0.333. The average molecular weight is 251 g/mol. The van der Waals surface area contributed by atoms with Crippen LogP contribution in [0, 0.1) is 0 Å². The Balaban J connectivity index is 2.90. The van der Waals surface area contributed by atoms with Crippen molar-refractivity contribution in [2.75, 3.05) is 38.4 Å². The van der Waals surface area contributed by atoms with Crippen LogP contribution >= 0.6 is 0 Å². The first-order valence-electron chi connectivity index (χ1n) is 5.40. The van der Waals surface area contributed by atoms with Gasteiger partial charge in [-0.15, -0.1) is 0 Å². The maximum atomic E-state index is 11.9. The Hall–Kier alpha value is -2.24. The maximum Gasteiger partial charge on any atom is 0.340 e. The SMILES string of the molecule is CNC(=O)COC(=O)c1cc(N)ccc1N(C)C. The molecule has 0 aliphatic heterocycles. The second-order valence-corrected chi connectivity index (χ2v) is 3.92. The van der Waals surface area contributed by atoms with Crippen LogP contribution in [0.4, 0.5) is 11.4 Å². The number of nitrogens with one attached hydrogen (secondary N) is 1. The highest BCUT2D eigenvalue weighted by Gasteiger charge is 2.15. The summed E-state index contributed by atoms with van der Waals surface area (Å²) in [5.41, 5.74) is 7.13. The van der Waals surface area contributed by atoms with Crippen molar-refractivity contribution in [1.82, 2.24) is 5.32 Å². The van der Waals surface area contributed by atoms with Crippen LogP contribution < -0.4 is 16.0 Å². The van der Waals surface area contributed by atoms with Crippen molar-refractivity contribution in [3.63, 3.8) is 0 Å². The molecule has 6 nitrogen and oxygen atoms in total. The normalized spacial score (nSPS) is 9.72. The fourth-order valence-electron chi connectivity index (χ4n) is 1.39. The van der Waals surface area contributed by atoms with E-state index in [2.05, 4.69) is 5.32 Å². The average Bonchev–Trinajstić information content (AvgIpc) is 2.34. The van der Waals surface area contributed by atoms with E-state index >= 15 is 0 Å². The van der Waals surface area contributed by atoms with Crippen LogP contribution in [-0.4, -0.2) is 39.6 Å². The Bertz CT molecular complexity index is 458. The van der Waals surface area contributed by atoms with Crippen molar-refractivity contribution in [2.45, 2.75) is 0 Å². The molecule has 0 saturated carbocycles. The summed E-state index contributed by atoms with van der Waals surface area (Å²) in [6.07, 6.45) is 0. The molecule has 0 saturated heterocycles. The van der Waals surface area contributed by atoms with Crippen molar-refractivity contribution >= 4 is 23.3 Å². The Morgan fingerprint density at radius 2 is 2.06 bits per heavy atom. The van der Waals surface area contributed by atoms with Gasteiger partial charge in [-0.25, -0.2) is 4.79 Å². The number of nitrogens with zero attached hydrogens (tertiary/aromatic N) is 1. The highest BCUT2D eigenvalue weighted by molar-refractivity contribution is 5.97. The number of nitrogen functional groups attached to an aromatic ring is 1. The molecule has 3 N–H and O–H groups in total. The lowest BCUT2D eigenvalue weighted by atomic mass is 10.1. The standard InChI is InChI=1S/C12H17N3O3/c1-14-11(16)7-18-12(17)9-6-8(13)4-5-10(9)15(2)3/h4-6H,7,13H2,1-3H3,(H,14,16). The highest BCUT2D eigenvalue weighted by Crippen LogP contribution is 2.22. The van der Waals surface area contributed by atoms with E-state index in [1.807, 2.05) is 0 Å². The van der Waals surface area contributed by atoms with Crippen LogP contribution in [0.1, 0.15) is 10.4 Å². The maximum absolute atomic E-state index is 11.9. The molecular formula is C12H17N3O3. The molecular weight excluding hydrogens is 234 g/mol. The minimum atomic E-state index is -0.574. The molecule has 0 spiro atoms. The monoisotopic (exact) mass is 251 g/mol. The molecule has 1 aromatic carbocycles. The number of hydrogen-bond donors (Lipinski definition) is 2. The second kappa shape index (κ2) is 5.90. The van der Waals surface area contributed by atoms with Crippen molar-refractivity contribution < 1.29 is 14.3 Å². The minimum Gasteiger partial charge on any atom is -0.452 e. The topological polar surface area (TPSA) is 84.7 Å². The number of carbonyl (C=O) groups is 2. The van der Waals surface area contributed by atoms with E-state index in [0.717, 1.165) is 0 Å². The number of carbonyl (C=O) groups excluding carboxylic acids is 2. The summed E-state index contributed by atoms with van der Waals surface area (Å²) < 4.78 is 4.89. The lowest BCUT2D eigenvalue weighted by Gasteiger charge is -2.17. The number of ether oxygens (including phenoxy) is 1. The summed E-state index contributed by atoms with van der Waals surface area (Å²) in [6, 6.07) is 4.96. The molecule has 1 rings (SSSR count). The van der Waals surface area contributed by atoms with Crippen molar-refractivity contribution in [2.24, 2.45) is 0 Å². The molecule has 0 atom stereocenters. The van der Waals surface area contributed by atoms with Crippen LogP contribution in [-0.2, 0) is 9.53 Å². The van der Waals surface area contributed by atoms with E-state index < -0.39 is 5.97 Å². The number of nitrogens with two attached hydrogens (primary N) is 1. The molecule has 0 fully saturated rings. The van der Waals surface area contributed by atoms with Gasteiger partial charge < -0.3 is 20.7 Å². The number of amides is 1. The van der Waals surface area contributed by atoms with E-state index in [1.165, 1.54) is 13.1 Å². The van der Waals surface area contributed by atoms with Gasteiger partial charge in [-0.3, -0.25) is 4.79 Å². The first-order valence-corrected chi connectivity index (χ1v) is 5.40. The summed E-state index contributed by atoms with van der Waals surface area (Å²) in [6.45, 7) is -0.309. The lowest BCUT2D eigenvalue weighted by Crippen LogP contribution is -2.25. The van der Waals surface area contributed by atoms with Gasteiger partial charge in [-0.2, -0.15) is 0 Å². The summed E-state index contributed by atoms with van der Waals surface area (Å²) in [4.78, 5) is 24.6. The van der Waals surface area contributed by atoms with E-state index in [4.69, 9.17) is 10.5 Å². The summed E-state index contributed by atoms with van der Waals surface area (Å²) in [5, 5.41) is 2.37. The molecule has 1 aromatic rings. The van der Waals surface area contributed by atoms with E-state index in [-0.39, 0.29) is 12.5 Å². The van der Waals surface area contributed by atoms with Crippen molar-refractivity contribution in [3.8, 4) is 0 Å². The van der Waals surface area contributed by atoms with Crippen LogP contribution in [0.25, 0.3) is 0 Å². The number of hydrogen-bond acceptors (Lipinski definition) is 5. The van der Waals surface area contributed by atoms with Crippen molar-refractivity contribution in [1.29, 1.82) is 0 Å². The Morgan fingerprint density at radius 1 is 1.39 bits per heavy atom. The Kier molecular flexibility index (Phi) is 4.53. The smallest absolute Gasteiger partial charge is 0.340 e. The lowest BCUT2D eigenvalue weighted by molar-refractivity contribution is -0.123. The summed E-state index contributed by atoms with van der Waals surface area (Å²) in [7, 11) is 5.09. The van der Waals surface area contributed by atoms with Crippen LogP contribution in [0.15, 0.2) is 18.2 Å². The van der Waals surface area contributed by atoms with Crippen molar-refractivity contribution in [3.05, 3.63) is 23.8 Å². The predicted molar refractivity (Wildman–Crippen MR) is 69.5 cm³/mol. The Labute approximate surface area is 106 Å². The van der Waals surface area contributed by atoms with Gasteiger partial charge in [0, 0.05) is 26.8 Å². The zero-order valence-corrected chi connectivity index (χ0v) is 10.7. The third-order valence-electron chi connectivity index (χ3n) is 2.34. The molecule has 1 amide bonds. The van der Waals surface area contributed by atoms with Gasteiger partial charge in [0.15, 0.2) is 6.61 Å². The molecule has 0 aromatic heterocycles. The van der Waals surface area contributed by atoms with Crippen LogP contribution in [0.5, 0.6) is 0 Å². The molecule has 18 heavy (non-hydrogen) atoms. The zero-order chi connectivity index (χ0) is 13.7. The van der Waals surface area contributed by atoms with Gasteiger partial charge in [0.05, 0.1) is 11.3 Å². The van der Waals surface area contributed by atoms with Gasteiger partial charge in [0.25, 0.3) is 5.91 Å². The fourth-order valence-corrected chi connectivity index (χ4v) is 1.39. The van der Waals surface area contributed by atoms with E-state index in [1.54, 1.807) is 31.1 Å². The molecule has 0 bridgehead atoms. The molecule has 6 heteroatoms. The number of esters is 1. The molecule has 0 aliphatic rings. The second-order valence-electron chi connectivity index (χ2n) is 3.92. The molecule has 0 radical (unpaired) electrons. The molecule has 0 aliphatic carbocycles. The Morgan fingerprint density at radius 3 is 2.61 bits per heavy atom. The first-order chi connectivity index (χ1) is 8.45. The van der Waals surface area contributed by atoms with Gasteiger partial charge in [0.1, 0.15) is 0 Å². The first kappa shape index (κ1) is 13.8. The third-order valence-corrected chi connectivity index (χ3v) is 2.34. The molecule has 0 unspecified atom stereocenters.